The van der Waals surface area contributed by atoms with E-state index in [0.29, 0.717) is 22.9 Å². The molecule has 2 aromatic carbocycles. The van der Waals surface area contributed by atoms with Gasteiger partial charge in [-0.1, -0.05) is 18.2 Å². The number of amides is 2. The number of benzene rings is 2. The Hall–Kier alpha value is -3.69. The number of alkyl halides is 3. The summed E-state index contributed by atoms with van der Waals surface area (Å²) in [5.41, 5.74) is 0.287. The molecular formula is C22H19F3N4O3. The number of hydrogen-bond acceptors (Lipinski definition) is 5. The van der Waals surface area contributed by atoms with Crippen molar-refractivity contribution >= 4 is 11.8 Å². The average Bonchev–Trinajstić information content (AvgIpc) is 3.33. The summed E-state index contributed by atoms with van der Waals surface area (Å²) in [7, 11) is 0. The quantitative estimate of drug-likeness (QED) is 0.650. The molecule has 2 amide bonds. The lowest BCUT2D eigenvalue weighted by Gasteiger charge is -2.20. The molecule has 10 heteroatoms. The molecule has 1 atom stereocenters. The maximum Gasteiger partial charge on any atom is 0.416 e. The van der Waals surface area contributed by atoms with Crippen LogP contribution >= 0.6 is 0 Å². The van der Waals surface area contributed by atoms with E-state index < -0.39 is 17.8 Å². The molecule has 166 valence electrons. The van der Waals surface area contributed by atoms with Crippen LogP contribution < -0.4 is 5.32 Å². The molecule has 1 aliphatic rings. The molecule has 1 fully saturated rings. The first-order chi connectivity index (χ1) is 15.2. The molecule has 3 aromatic rings. The molecule has 4 rings (SSSR count). The van der Waals surface area contributed by atoms with Crippen LogP contribution in [-0.4, -0.2) is 39.5 Å². The molecule has 2 heterocycles. The lowest BCUT2D eigenvalue weighted by atomic mass is 10.1. The second kappa shape index (κ2) is 8.45. The highest BCUT2D eigenvalue weighted by molar-refractivity contribution is 5.95. The normalized spacial score (nSPS) is 16.4. The van der Waals surface area contributed by atoms with Gasteiger partial charge < -0.3 is 14.6 Å². The molecule has 1 aromatic heterocycles. The highest BCUT2D eigenvalue weighted by Crippen LogP contribution is 2.33. The number of hydrogen-bond donors (Lipinski definition) is 1. The zero-order valence-corrected chi connectivity index (χ0v) is 17.0. The van der Waals surface area contributed by atoms with Gasteiger partial charge in [0.1, 0.15) is 0 Å². The van der Waals surface area contributed by atoms with Gasteiger partial charge in [-0.05, 0) is 35.9 Å². The van der Waals surface area contributed by atoms with Crippen LogP contribution in [0, 0.1) is 6.92 Å². The zero-order chi connectivity index (χ0) is 22.9. The molecule has 0 aliphatic carbocycles. The van der Waals surface area contributed by atoms with E-state index in [0.717, 1.165) is 6.07 Å². The lowest BCUT2D eigenvalue weighted by molar-refractivity contribution is -0.139. The monoisotopic (exact) mass is 444 g/mol. The van der Waals surface area contributed by atoms with E-state index in [-0.39, 0.29) is 36.9 Å². The Morgan fingerprint density at radius 1 is 1.16 bits per heavy atom. The minimum absolute atomic E-state index is 0.0205. The summed E-state index contributed by atoms with van der Waals surface area (Å²) in [5.74, 6) is 0.0729. The molecule has 7 nitrogen and oxygen atoms in total. The summed E-state index contributed by atoms with van der Waals surface area (Å²) in [4.78, 5) is 26.2. The van der Waals surface area contributed by atoms with Crippen LogP contribution in [-0.2, 0) is 17.5 Å². The molecule has 1 N–H and O–H groups in total. The largest absolute Gasteiger partial charge is 0.421 e. The topological polar surface area (TPSA) is 88.3 Å². The summed E-state index contributed by atoms with van der Waals surface area (Å²) in [6.45, 7) is 1.64. The smallest absolute Gasteiger partial charge is 0.416 e. The maximum absolute atomic E-state index is 13.2. The predicted molar refractivity (Wildman–Crippen MR) is 107 cm³/mol. The van der Waals surface area contributed by atoms with Crippen LogP contribution in [0.5, 0.6) is 0 Å². The van der Waals surface area contributed by atoms with Crippen molar-refractivity contribution in [2.75, 3.05) is 6.54 Å². The number of aryl methyl sites for hydroxylation is 1. The molecule has 1 aliphatic heterocycles. The van der Waals surface area contributed by atoms with Gasteiger partial charge in [0.15, 0.2) is 0 Å². The number of rotatable bonds is 5. The first-order valence-corrected chi connectivity index (χ1v) is 9.85. The molecule has 0 saturated carbocycles. The first-order valence-electron chi connectivity index (χ1n) is 9.85. The number of halogens is 3. The molecule has 0 radical (unpaired) electrons. The van der Waals surface area contributed by atoms with Gasteiger partial charge in [0.05, 0.1) is 11.6 Å². The number of likely N-dealkylation sites (tertiary alicyclic amines) is 1. The second-order valence-electron chi connectivity index (χ2n) is 7.51. The van der Waals surface area contributed by atoms with Gasteiger partial charge in [0.25, 0.3) is 5.91 Å². The average molecular weight is 444 g/mol. The summed E-state index contributed by atoms with van der Waals surface area (Å²) in [5, 5.41) is 10.4. The van der Waals surface area contributed by atoms with Gasteiger partial charge in [0.2, 0.25) is 17.7 Å². The Morgan fingerprint density at radius 2 is 1.88 bits per heavy atom. The van der Waals surface area contributed by atoms with Crippen molar-refractivity contribution in [3.8, 4) is 11.5 Å². The summed E-state index contributed by atoms with van der Waals surface area (Å²) >= 11 is 0. The summed E-state index contributed by atoms with van der Waals surface area (Å²) < 4.78 is 45.0. The highest BCUT2D eigenvalue weighted by atomic mass is 19.4. The number of nitrogens with zero attached hydrogens (tertiary/aromatic N) is 3. The third kappa shape index (κ3) is 4.63. The van der Waals surface area contributed by atoms with Crippen LogP contribution in [0.15, 0.2) is 52.9 Å². The fourth-order valence-corrected chi connectivity index (χ4v) is 3.61. The summed E-state index contributed by atoms with van der Waals surface area (Å²) in [6, 6.07) is 11.2. The fourth-order valence-electron chi connectivity index (χ4n) is 3.61. The highest BCUT2D eigenvalue weighted by Gasteiger charge is 2.36. The van der Waals surface area contributed by atoms with Gasteiger partial charge >= 0.3 is 6.18 Å². The van der Waals surface area contributed by atoms with E-state index in [4.69, 9.17) is 4.42 Å². The predicted octanol–water partition coefficient (Wildman–Crippen LogP) is 3.59. The van der Waals surface area contributed by atoms with E-state index in [2.05, 4.69) is 15.5 Å². The van der Waals surface area contributed by atoms with Crippen LogP contribution in [0.3, 0.4) is 0 Å². The van der Waals surface area contributed by atoms with E-state index in [1.165, 1.54) is 23.1 Å². The van der Waals surface area contributed by atoms with Gasteiger partial charge in [-0.25, -0.2) is 0 Å². The first kappa shape index (κ1) is 21.5. The van der Waals surface area contributed by atoms with E-state index in [9.17, 15) is 22.8 Å². The molecule has 32 heavy (non-hydrogen) atoms. The zero-order valence-electron chi connectivity index (χ0n) is 17.0. The van der Waals surface area contributed by atoms with Crippen molar-refractivity contribution in [1.29, 1.82) is 0 Å². The maximum atomic E-state index is 13.2. The van der Waals surface area contributed by atoms with Gasteiger partial charge in [-0.3, -0.25) is 9.59 Å². The third-order valence-corrected chi connectivity index (χ3v) is 5.15. The Bertz CT molecular complexity index is 1140. The number of carbonyl (C=O) groups is 2. The standard InChI is InChI=1S/C22H19F3N4O3/c1-13-27-28-21(32-13)15-8-6-14(7-9-15)20(31)26-17-10-19(30)29(12-17)11-16-4-2-3-5-18(16)22(23,24)25/h2-9,17H,10-12H2,1H3,(H,26,31). The second-order valence-corrected chi connectivity index (χ2v) is 7.51. The van der Waals surface area contributed by atoms with Gasteiger partial charge in [0, 0.05) is 37.6 Å². The SMILES string of the molecule is Cc1nnc(-c2ccc(C(=O)NC3CC(=O)N(Cc4ccccc4C(F)(F)F)C3)cc2)o1. The van der Waals surface area contributed by atoms with Crippen LogP contribution in [0.25, 0.3) is 11.5 Å². The fraction of sp³-hybridized carbons (Fsp3) is 0.273. The van der Waals surface area contributed by atoms with Crippen molar-refractivity contribution < 1.29 is 27.2 Å². The Morgan fingerprint density at radius 3 is 2.53 bits per heavy atom. The third-order valence-electron chi connectivity index (χ3n) is 5.15. The number of carbonyl (C=O) groups excluding carboxylic acids is 2. The summed E-state index contributed by atoms with van der Waals surface area (Å²) in [6.07, 6.45) is -4.47. The van der Waals surface area contributed by atoms with Crippen LogP contribution in [0.4, 0.5) is 13.2 Å². The van der Waals surface area contributed by atoms with Crippen molar-refractivity contribution in [1.82, 2.24) is 20.4 Å². The van der Waals surface area contributed by atoms with E-state index in [1.807, 2.05) is 0 Å². The van der Waals surface area contributed by atoms with E-state index in [1.54, 1.807) is 31.2 Å². The van der Waals surface area contributed by atoms with Gasteiger partial charge in [-0.2, -0.15) is 13.2 Å². The van der Waals surface area contributed by atoms with Crippen molar-refractivity contribution in [2.24, 2.45) is 0 Å². The van der Waals surface area contributed by atoms with Crippen LogP contribution in [0.2, 0.25) is 0 Å². The number of nitrogens with one attached hydrogen (secondary N) is 1. The number of aromatic nitrogens is 2. The molecule has 1 saturated heterocycles. The Kier molecular flexibility index (Phi) is 5.68. The minimum atomic E-state index is -4.50. The van der Waals surface area contributed by atoms with Crippen molar-refractivity contribution in [3.63, 3.8) is 0 Å². The van der Waals surface area contributed by atoms with Gasteiger partial charge in [-0.15, -0.1) is 10.2 Å². The Labute approximate surface area is 181 Å². The van der Waals surface area contributed by atoms with Crippen molar-refractivity contribution in [2.45, 2.75) is 32.1 Å². The molecule has 0 bridgehead atoms. The molecular weight excluding hydrogens is 425 g/mol. The molecule has 1 unspecified atom stereocenters. The Balaban J connectivity index is 1.39. The minimum Gasteiger partial charge on any atom is -0.421 e. The van der Waals surface area contributed by atoms with Crippen molar-refractivity contribution in [3.05, 3.63) is 71.1 Å². The van der Waals surface area contributed by atoms with E-state index >= 15 is 0 Å². The molecule has 0 spiro atoms. The lowest BCUT2D eigenvalue weighted by Crippen LogP contribution is -2.37. The van der Waals surface area contributed by atoms with Crippen LogP contribution in [0.1, 0.15) is 33.8 Å².